The zero-order valence-electron chi connectivity index (χ0n) is 13.6. The van der Waals surface area contributed by atoms with E-state index in [0.29, 0.717) is 18.0 Å². The molecule has 0 saturated carbocycles. The SMILES string of the molecule is CC(=O)Nc1ccc(S(=O)(=O)NCCSc2ccc(C)cc2)cc1. The number of benzene rings is 2. The number of sulfonamides is 1. The molecule has 5 nitrogen and oxygen atoms in total. The maximum Gasteiger partial charge on any atom is 0.240 e. The summed E-state index contributed by atoms with van der Waals surface area (Å²) in [5.41, 5.74) is 1.76. The summed E-state index contributed by atoms with van der Waals surface area (Å²) in [6, 6.07) is 14.2. The van der Waals surface area contributed by atoms with Crippen LogP contribution in [0.5, 0.6) is 0 Å². The number of rotatable bonds is 7. The van der Waals surface area contributed by atoms with Crippen molar-refractivity contribution in [1.29, 1.82) is 0 Å². The number of anilines is 1. The quantitative estimate of drug-likeness (QED) is 0.585. The molecular weight excluding hydrogens is 344 g/mol. The van der Waals surface area contributed by atoms with Gasteiger partial charge in [-0.05, 0) is 43.3 Å². The summed E-state index contributed by atoms with van der Waals surface area (Å²) < 4.78 is 27.0. The second kappa shape index (κ2) is 8.32. The number of amides is 1. The Morgan fingerprint density at radius 2 is 1.67 bits per heavy atom. The molecular formula is C17H20N2O3S2. The van der Waals surface area contributed by atoms with E-state index in [1.807, 2.05) is 31.2 Å². The average Bonchev–Trinajstić information content (AvgIpc) is 2.53. The van der Waals surface area contributed by atoms with E-state index in [4.69, 9.17) is 0 Å². The highest BCUT2D eigenvalue weighted by Gasteiger charge is 2.13. The highest BCUT2D eigenvalue weighted by molar-refractivity contribution is 7.99. The van der Waals surface area contributed by atoms with Gasteiger partial charge in [0.1, 0.15) is 0 Å². The maximum absolute atomic E-state index is 12.2. The Morgan fingerprint density at radius 1 is 1.04 bits per heavy atom. The van der Waals surface area contributed by atoms with Crippen molar-refractivity contribution in [3.8, 4) is 0 Å². The van der Waals surface area contributed by atoms with E-state index in [2.05, 4.69) is 10.0 Å². The lowest BCUT2D eigenvalue weighted by Crippen LogP contribution is -2.26. The van der Waals surface area contributed by atoms with Gasteiger partial charge in [0, 0.05) is 29.8 Å². The minimum absolute atomic E-state index is 0.178. The lowest BCUT2D eigenvalue weighted by Gasteiger charge is -2.08. The van der Waals surface area contributed by atoms with Crippen LogP contribution in [0.3, 0.4) is 0 Å². The first-order chi connectivity index (χ1) is 11.4. The molecule has 0 aromatic heterocycles. The fraction of sp³-hybridized carbons (Fsp3) is 0.235. The molecule has 0 saturated heterocycles. The monoisotopic (exact) mass is 364 g/mol. The van der Waals surface area contributed by atoms with Crippen LogP contribution >= 0.6 is 11.8 Å². The molecule has 0 fully saturated rings. The first-order valence-corrected chi connectivity index (χ1v) is 9.90. The van der Waals surface area contributed by atoms with Crippen LogP contribution in [0.25, 0.3) is 0 Å². The summed E-state index contributed by atoms with van der Waals surface area (Å²) in [4.78, 5) is 12.2. The number of carbonyl (C=O) groups excluding carboxylic acids is 1. The van der Waals surface area contributed by atoms with Gasteiger partial charge in [0.05, 0.1) is 4.90 Å². The van der Waals surface area contributed by atoms with E-state index in [-0.39, 0.29) is 10.8 Å². The molecule has 0 heterocycles. The second-order valence-electron chi connectivity index (χ2n) is 5.26. The van der Waals surface area contributed by atoms with Crippen LogP contribution in [0.1, 0.15) is 12.5 Å². The highest BCUT2D eigenvalue weighted by Crippen LogP contribution is 2.18. The zero-order chi connectivity index (χ0) is 17.6. The zero-order valence-corrected chi connectivity index (χ0v) is 15.2. The van der Waals surface area contributed by atoms with Gasteiger partial charge in [0.25, 0.3) is 0 Å². The number of carbonyl (C=O) groups is 1. The van der Waals surface area contributed by atoms with Gasteiger partial charge in [-0.25, -0.2) is 13.1 Å². The molecule has 0 atom stereocenters. The van der Waals surface area contributed by atoms with Crippen LogP contribution in [0.2, 0.25) is 0 Å². The third-order valence-electron chi connectivity index (χ3n) is 3.17. The average molecular weight is 364 g/mol. The van der Waals surface area contributed by atoms with Crippen LogP contribution in [-0.4, -0.2) is 26.6 Å². The van der Waals surface area contributed by atoms with Crippen molar-refractivity contribution in [2.75, 3.05) is 17.6 Å². The Kier molecular flexibility index (Phi) is 6.42. The second-order valence-corrected chi connectivity index (χ2v) is 8.20. The summed E-state index contributed by atoms with van der Waals surface area (Å²) in [7, 11) is -3.54. The normalized spacial score (nSPS) is 11.2. The third kappa shape index (κ3) is 5.67. The van der Waals surface area contributed by atoms with Crippen LogP contribution in [0.4, 0.5) is 5.69 Å². The fourth-order valence-corrected chi connectivity index (χ4v) is 3.91. The Labute approximate surface area is 146 Å². The van der Waals surface area contributed by atoms with Crippen LogP contribution < -0.4 is 10.0 Å². The van der Waals surface area contributed by atoms with Crippen LogP contribution in [0.15, 0.2) is 58.3 Å². The van der Waals surface area contributed by atoms with Crippen molar-refractivity contribution < 1.29 is 13.2 Å². The molecule has 24 heavy (non-hydrogen) atoms. The summed E-state index contributed by atoms with van der Waals surface area (Å²) in [5, 5.41) is 2.60. The molecule has 0 aliphatic rings. The van der Waals surface area contributed by atoms with E-state index in [1.54, 1.807) is 23.9 Å². The molecule has 2 N–H and O–H groups in total. The van der Waals surface area contributed by atoms with Gasteiger partial charge >= 0.3 is 0 Å². The van der Waals surface area contributed by atoms with Gasteiger partial charge in [-0.3, -0.25) is 4.79 Å². The molecule has 0 aliphatic carbocycles. The minimum Gasteiger partial charge on any atom is -0.326 e. The molecule has 0 spiro atoms. The van der Waals surface area contributed by atoms with Gasteiger partial charge in [-0.1, -0.05) is 17.7 Å². The first kappa shape index (κ1) is 18.5. The third-order valence-corrected chi connectivity index (χ3v) is 5.66. The molecule has 0 radical (unpaired) electrons. The van der Waals surface area contributed by atoms with Crippen LogP contribution in [-0.2, 0) is 14.8 Å². The van der Waals surface area contributed by atoms with E-state index >= 15 is 0 Å². The number of hydrogen-bond donors (Lipinski definition) is 2. The molecule has 7 heteroatoms. The topological polar surface area (TPSA) is 75.3 Å². The van der Waals surface area contributed by atoms with Crippen molar-refractivity contribution >= 4 is 33.4 Å². The fourth-order valence-electron chi connectivity index (χ4n) is 1.98. The van der Waals surface area contributed by atoms with Gasteiger partial charge < -0.3 is 5.32 Å². The molecule has 2 rings (SSSR count). The predicted octanol–water partition coefficient (Wildman–Crippen LogP) is 3.02. The standard InChI is InChI=1S/C17H20N2O3S2/c1-13-3-7-16(8-4-13)23-12-11-18-24(21,22)17-9-5-15(6-10-17)19-14(2)20/h3-10,18H,11-12H2,1-2H3,(H,19,20). The predicted molar refractivity (Wildman–Crippen MR) is 97.8 cm³/mol. The first-order valence-electron chi connectivity index (χ1n) is 7.43. The molecule has 2 aromatic carbocycles. The molecule has 0 aliphatic heterocycles. The molecule has 0 bridgehead atoms. The largest absolute Gasteiger partial charge is 0.326 e. The number of nitrogens with one attached hydrogen (secondary N) is 2. The lowest BCUT2D eigenvalue weighted by atomic mass is 10.2. The van der Waals surface area contributed by atoms with Crippen molar-refractivity contribution in [3.63, 3.8) is 0 Å². The Bertz CT molecular complexity index is 786. The highest BCUT2D eigenvalue weighted by atomic mass is 32.2. The van der Waals surface area contributed by atoms with Crippen molar-refractivity contribution in [2.24, 2.45) is 0 Å². The summed E-state index contributed by atoms with van der Waals surface area (Å²) in [5.74, 6) is 0.448. The Balaban J connectivity index is 1.86. The smallest absolute Gasteiger partial charge is 0.240 e. The van der Waals surface area contributed by atoms with Gasteiger partial charge in [-0.2, -0.15) is 0 Å². The number of aryl methyl sites for hydroxylation is 1. The Morgan fingerprint density at radius 3 is 2.25 bits per heavy atom. The van der Waals surface area contributed by atoms with Gasteiger partial charge in [-0.15, -0.1) is 11.8 Å². The van der Waals surface area contributed by atoms with Gasteiger partial charge in [0.2, 0.25) is 15.9 Å². The van der Waals surface area contributed by atoms with Crippen molar-refractivity contribution in [1.82, 2.24) is 4.72 Å². The van der Waals surface area contributed by atoms with Crippen molar-refractivity contribution in [2.45, 2.75) is 23.6 Å². The van der Waals surface area contributed by atoms with E-state index in [1.165, 1.54) is 24.6 Å². The van der Waals surface area contributed by atoms with Crippen LogP contribution in [0, 0.1) is 6.92 Å². The van der Waals surface area contributed by atoms with Gasteiger partial charge in [0.15, 0.2) is 0 Å². The number of hydrogen-bond acceptors (Lipinski definition) is 4. The van der Waals surface area contributed by atoms with E-state index < -0.39 is 10.0 Å². The van der Waals surface area contributed by atoms with E-state index in [9.17, 15) is 13.2 Å². The van der Waals surface area contributed by atoms with E-state index in [0.717, 1.165) is 4.90 Å². The van der Waals surface area contributed by atoms with Crippen molar-refractivity contribution in [3.05, 3.63) is 54.1 Å². The lowest BCUT2D eigenvalue weighted by molar-refractivity contribution is -0.114. The summed E-state index contributed by atoms with van der Waals surface area (Å²) in [6.07, 6.45) is 0. The number of thioether (sulfide) groups is 1. The Hall–Kier alpha value is -1.83. The molecule has 2 aromatic rings. The molecule has 1 amide bonds. The summed E-state index contributed by atoms with van der Waals surface area (Å²) in [6.45, 7) is 3.77. The maximum atomic E-state index is 12.2. The molecule has 128 valence electrons. The minimum atomic E-state index is -3.54. The molecule has 0 unspecified atom stereocenters. The summed E-state index contributed by atoms with van der Waals surface area (Å²) >= 11 is 1.60.